The standard InChI is InChI=1S/C14H21ClN2/c1-11-10-16-9-8-14(2,3)17(11)13-7-5-4-6-12(13)15/h4-7,11,16H,8-10H2,1-3H3. The number of para-hydroxylation sites is 1. The van der Waals surface area contributed by atoms with Crippen LogP contribution in [0, 0.1) is 0 Å². The van der Waals surface area contributed by atoms with E-state index in [9.17, 15) is 0 Å². The first kappa shape index (κ1) is 12.7. The van der Waals surface area contributed by atoms with Crippen molar-refractivity contribution in [1.29, 1.82) is 0 Å². The van der Waals surface area contributed by atoms with E-state index in [1.165, 1.54) is 0 Å². The van der Waals surface area contributed by atoms with Gasteiger partial charge in [0.05, 0.1) is 10.7 Å². The second kappa shape index (κ2) is 4.87. The Morgan fingerprint density at radius 1 is 1.35 bits per heavy atom. The van der Waals surface area contributed by atoms with Crippen molar-refractivity contribution in [3.05, 3.63) is 29.3 Å². The first-order valence-corrected chi connectivity index (χ1v) is 6.65. The number of hydrogen-bond acceptors (Lipinski definition) is 2. The molecule has 1 atom stereocenters. The highest BCUT2D eigenvalue weighted by molar-refractivity contribution is 6.33. The van der Waals surface area contributed by atoms with E-state index in [2.05, 4.69) is 43.1 Å². The molecule has 2 nitrogen and oxygen atoms in total. The quantitative estimate of drug-likeness (QED) is 0.825. The van der Waals surface area contributed by atoms with Crippen molar-refractivity contribution in [3.8, 4) is 0 Å². The van der Waals surface area contributed by atoms with Gasteiger partial charge in [-0.05, 0) is 45.9 Å². The molecule has 94 valence electrons. The van der Waals surface area contributed by atoms with E-state index in [1.807, 2.05) is 12.1 Å². The zero-order valence-electron chi connectivity index (χ0n) is 10.8. The molecule has 1 aromatic rings. The Hall–Kier alpha value is -0.730. The van der Waals surface area contributed by atoms with Crippen LogP contribution in [0.4, 0.5) is 5.69 Å². The molecule has 1 unspecified atom stereocenters. The van der Waals surface area contributed by atoms with Gasteiger partial charge in [-0.15, -0.1) is 0 Å². The molecule has 17 heavy (non-hydrogen) atoms. The Balaban J connectivity index is 2.42. The van der Waals surface area contributed by atoms with Crippen LogP contribution in [-0.2, 0) is 0 Å². The monoisotopic (exact) mass is 252 g/mol. The van der Waals surface area contributed by atoms with Gasteiger partial charge in [0.25, 0.3) is 0 Å². The van der Waals surface area contributed by atoms with Gasteiger partial charge in [0.2, 0.25) is 0 Å². The predicted molar refractivity (Wildman–Crippen MR) is 75.0 cm³/mol. The lowest BCUT2D eigenvalue weighted by molar-refractivity contribution is 0.426. The summed E-state index contributed by atoms with van der Waals surface area (Å²) in [5.74, 6) is 0. The molecule has 2 rings (SSSR count). The molecule has 1 saturated heterocycles. The molecule has 0 radical (unpaired) electrons. The summed E-state index contributed by atoms with van der Waals surface area (Å²) < 4.78 is 0. The third-order valence-corrected chi connectivity index (χ3v) is 3.88. The van der Waals surface area contributed by atoms with Crippen LogP contribution < -0.4 is 10.2 Å². The Morgan fingerprint density at radius 2 is 2.06 bits per heavy atom. The third-order valence-electron chi connectivity index (χ3n) is 3.56. The minimum absolute atomic E-state index is 0.133. The van der Waals surface area contributed by atoms with Gasteiger partial charge in [-0.3, -0.25) is 0 Å². The molecule has 0 bridgehead atoms. The molecule has 1 aromatic carbocycles. The molecule has 0 aliphatic carbocycles. The molecular formula is C14H21ClN2. The Labute approximate surface area is 109 Å². The number of rotatable bonds is 1. The van der Waals surface area contributed by atoms with Crippen molar-refractivity contribution in [2.24, 2.45) is 0 Å². The number of halogens is 1. The van der Waals surface area contributed by atoms with Crippen LogP contribution >= 0.6 is 11.6 Å². The van der Waals surface area contributed by atoms with Crippen LogP contribution in [0.1, 0.15) is 27.2 Å². The van der Waals surface area contributed by atoms with E-state index in [4.69, 9.17) is 11.6 Å². The second-order valence-corrected chi connectivity index (χ2v) is 5.84. The summed E-state index contributed by atoms with van der Waals surface area (Å²) in [4.78, 5) is 2.45. The average Bonchev–Trinajstić information content (AvgIpc) is 2.39. The molecule has 0 saturated carbocycles. The maximum atomic E-state index is 6.34. The fourth-order valence-corrected chi connectivity index (χ4v) is 2.95. The van der Waals surface area contributed by atoms with Crippen molar-refractivity contribution < 1.29 is 0 Å². The van der Waals surface area contributed by atoms with Gasteiger partial charge >= 0.3 is 0 Å². The Kier molecular flexibility index (Phi) is 3.64. The lowest BCUT2D eigenvalue weighted by Gasteiger charge is -2.43. The van der Waals surface area contributed by atoms with Gasteiger partial charge in [0.1, 0.15) is 0 Å². The van der Waals surface area contributed by atoms with Crippen LogP contribution in [0.2, 0.25) is 5.02 Å². The van der Waals surface area contributed by atoms with Crippen molar-refractivity contribution in [2.75, 3.05) is 18.0 Å². The highest BCUT2D eigenvalue weighted by Gasteiger charge is 2.33. The summed E-state index contributed by atoms with van der Waals surface area (Å²) >= 11 is 6.34. The molecule has 0 aromatic heterocycles. The molecule has 0 spiro atoms. The minimum Gasteiger partial charge on any atom is -0.361 e. The zero-order valence-corrected chi connectivity index (χ0v) is 11.6. The van der Waals surface area contributed by atoms with E-state index in [-0.39, 0.29) is 5.54 Å². The molecule has 1 heterocycles. The molecule has 3 heteroatoms. The van der Waals surface area contributed by atoms with Crippen LogP contribution in [-0.4, -0.2) is 24.7 Å². The normalized spacial score (nSPS) is 24.5. The Morgan fingerprint density at radius 3 is 2.76 bits per heavy atom. The molecular weight excluding hydrogens is 232 g/mol. The van der Waals surface area contributed by atoms with E-state index in [0.29, 0.717) is 6.04 Å². The number of nitrogens with one attached hydrogen (secondary N) is 1. The lowest BCUT2D eigenvalue weighted by atomic mass is 9.96. The largest absolute Gasteiger partial charge is 0.361 e. The molecule has 1 aliphatic rings. The highest BCUT2D eigenvalue weighted by Crippen LogP contribution is 2.34. The topological polar surface area (TPSA) is 15.3 Å². The number of benzene rings is 1. The average molecular weight is 253 g/mol. The van der Waals surface area contributed by atoms with Crippen LogP contribution in [0.15, 0.2) is 24.3 Å². The summed E-state index contributed by atoms with van der Waals surface area (Å²) in [6, 6.07) is 8.58. The molecule has 0 amide bonds. The van der Waals surface area contributed by atoms with Gasteiger partial charge < -0.3 is 10.2 Å². The maximum absolute atomic E-state index is 6.34. The van der Waals surface area contributed by atoms with Gasteiger partial charge in [0, 0.05) is 18.1 Å². The number of hydrogen-bond donors (Lipinski definition) is 1. The fourth-order valence-electron chi connectivity index (χ4n) is 2.72. The van der Waals surface area contributed by atoms with Crippen molar-refractivity contribution in [3.63, 3.8) is 0 Å². The van der Waals surface area contributed by atoms with Gasteiger partial charge in [-0.1, -0.05) is 23.7 Å². The zero-order chi connectivity index (χ0) is 12.5. The number of nitrogens with zero attached hydrogens (tertiary/aromatic N) is 1. The van der Waals surface area contributed by atoms with Crippen molar-refractivity contribution in [2.45, 2.75) is 38.8 Å². The predicted octanol–water partition coefficient (Wildman–Crippen LogP) is 3.31. The van der Waals surface area contributed by atoms with Crippen LogP contribution in [0.25, 0.3) is 0 Å². The van der Waals surface area contributed by atoms with Gasteiger partial charge in [-0.2, -0.15) is 0 Å². The van der Waals surface area contributed by atoms with E-state index >= 15 is 0 Å². The van der Waals surface area contributed by atoms with E-state index in [1.54, 1.807) is 0 Å². The maximum Gasteiger partial charge on any atom is 0.0639 e. The summed E-state index contributed by atoms with van der Waals surface area (Å²) in [7, 11) is 0. The highest BCUT2D eigenvalue weighted by atomic mass is 35.5. The summed E-state index contributed by atoms with van der Waals surface area (Å²) in [6.07, 6.45) is 1.13. The minimum atomic E-state index is 0.133. The lowest BCUT2D eigenvalue weighted by Crippen LogP contribution is -2.49. The molecule has 1 fully saturated rings. The van der Waals surface area contributed by atoms with Crippen LogP contribution in [0.5, 0.6) is 0 Å². The van der Waals surface area contributed by atoms with Crippen molar-refractivity contribution in [1.82, 2.24) is 5.32 Å². The van der Waals surface area contributed by atoms with Crippen LogP contribution in [0.3, 0.4) is 0 Å². The first-order valence-electron chi connectivity index (χ1n) is 6.27. The summed E-state index contributed by atoms with van der Waals surface area (Å²) in [5.41, 5.74) is 1.28. The van der Waals surface area contributed by atoms with E-state index < -0.39 is 0 Å². The SMILES string of the molecule is CC1CNCCC(C)(C)N1c1ccccc1Cl. The molecule has 1 N–H and O–H groups in total. The summed E-state index contributed by atoms with van der Waals surface area (Å²) in [6.45, 7) is 8.91. The molecule has 1 aliphatic heterocycles. The summed E-state index contributed by atoms with van der Waals surface area (Å²) in [5, 5.41) is 4.33. The fraction of sp³-hybridized carbons (Fsp3) is 0.571. The Bertz CT molecular complexity index is 390. The first-order chi connectivity index (χ1) is 8.02. The number of anilines is 1. The second-order valence-electron chi connectivity index (χ2n) is 5.44. The van der Waals surface area contributed by atoms with Gasteiger partial charge in [0.15, 0.2) is 0 Å². The van der Waals surface area contributed by atoms with Gasteiger partial charge in [-0.25, -0.2) is 0 Å². The third kappa shape index (κ3) is 2.58. The van der Waals surface area contributed by atoms with Crippen molar-refractivity contribution >= 4 is 17.3 Å². The van der Waals surface area contributed by atoms with E-state index in [0.717, 1.165) is 30.2 Å². The smallest absolute Gasteiger partial charge is 0.0639 e.